The molecule has 0 amide bonds. The third kappa shape index (κ3) is 4.31. The van der Waals surface area contributed by atoms with Crippen LogP contribution in [0.3, 0.4) is 0 Å². The van der Waals surface area contributed by atoms with Crippen LogP contribution in [0.2, 0.25) is 0 Å². The minimum Gasteiger partial charge on any atom is -0.399 e. The monoisotopic (exact) mass is 704 g/mol. The summed E-state index contributed by atoms with van der Waals surface area (Å²) in [6, 6.07) is 65.0. The SMILES string of the molecule is Cc1ccc2c(c1)C1(c3ccccc3-c3ccccc31)c1cc(N)cc(N(c3ccc(-c4ccccc4)cc3)c3ccc4c(c3)C(C)(C)c3ccccc3-4)c1-2. The summed E-state index contributed by atoms with van der Waals surface area (Å²) in [5.74, 6) is 0. The number of rotatable bonds is 4. The lowest BCUT2D eigenvalue weighted by Gasteiger charge is -2.33. The maximum atomic E-state index is 7.15. The zero-order valence-corrected chi connectivity index (χ0v) is 31.3. The molecular formula is C53H40N2. The normalized spacial score (nSPS) is 14.5. The molecular weight excluding hydrogens is 665 g/mol. The van der Waals surface area contributed by atoms with Gasteiger partial charge in [0.25, 0.3) is 0 Å². The van der Waals surface area contributed by atoms with Crippen molar-refractivity contribution in [3.05, 3.63) is 215 Å². The molecule has 1 spiro atoms. The van der Waals surface area contributed by atoms with Crippen LogP contribution in [0.15, 0.2) is 176 Å². The average Bonchev–Trinajstić information content (AvgIpc) is 3.77. The maximum absolute atomic E-state index is 7.15. The highest BCUT2D eigenvalue weighted by Crippen LogP contribution is 2.65. The first-order valence-corrected chi connectivity index (χ1v) is 19.3. The van der Waals surface area contributed by atoms with Crippen LogP contribution in [0.1, 0.15) is 52.8 Å². The maximum Gasteiger partial charge on any atom is 0.0727 e. The summed E-state index contributed by atoms with van der Waals surface area (Å²) in [6.07, 6.45) is 0. The van der Waals surface area contributed by atoms with Gasteiger partial charge in [-0.1, -0.05) is 159 Å². The summed E-state index contributed by atoms with van der Waals surface area (Å²) in [5.41, 5.74) is 29.7. The van der Waals surface area contributed by atoms with Crippen molar-refractivity contribution in [3.63, 3.8) is 0 Å². The second-order valence-corrected chi connectivity index (χ2v) is 16.0. The second kappa shape index (κ2) is 11.4. The van der Waals surface area contributed by atoms with E-state index in [-0.39, 0.29) is 5.41 Å². The topological polar surface area (TPSA) is 29.3 Å². The summed E-state index contributed by atoms with van der Waals surface area (Å²) >= 11 is 0. The smallest absolute Gasteiger partial charge is 0.0727 e. The van der Waals surface area contributed by atoms with Crippen LogP contribution in [-0.4, -0.2) is 0 Å². The summed E-state index contributed by atoms with van der Waals surface area (Å²) in [5, 5.41) is 0. The van der Waals surface area contributed by atoms with Crippen molar-refractivity contribution in [2.75, 3.05) is 10.6 Å². The first-order chi connectivity index (χ1) is 26.9. The Morgan fingerprint density at radius 2 is 0.964 bits per heavy atom. The Bertz CT molecular complexity index is 2820. The zero-order valence-electron chi connectivity index (χ0n) is 31.3. The highest BCUT2D eigenvalue weighted by atomic mass is 15.1. The van der Waals surface area contributed by atoms with Gasteiger partial charge >= 0.3 is 0 Å². The first kappa shape index (κ1) is 31.8. The van der Waals surface area contributed by atoms with Gasteiger partial charge in [0.1, 0.15) is 0 Å². The van der Waals surface area contributed by atoms with Gasteiger partial charge in [-0.05, 0) is 116 Å². The van der Waals surface area contributed by atoms with Crippen molar-refractivity contribution in [3.8, 4) is 44.5 Å². The highest BCUT2D eigenvalue weighted by Gasteiger charge is 2.52. The highest BCUT2D eigenvalue weighted by molar-refractivity contribution is 6.02. The van der Waals surface area contributed by atoms with Gasteiger partial charge in [0, 0.05) is 28.0 Å². The summed E-state index contributed by atoms with van der Waals surface area (Å²) in [6.45, 7) is 6.93. The van der Waals surface area contributed by atoms with Crippen LogP contribution < -0.4 is 10.6 Å². The van der Waals surface area contributed by atoms with E-state index in [4.69, 9.17) is 5.73 Å². The van der Waals surface area contributed by atoms with Crippen LogP contribution in [0.25, 0.3) is 44.5 Å². The molecule has 3 aliphatic carbocycles. The van der Waals surface area contributed by atoms with Crippen LogP contribution in [-0.2, 0) is 10.8 Å². The Balaban J connectivity index is 1.21. The Morgan fingerprint density at radius 3 is 1.65 bits per heavy atom. The minimum absolute atomic E-state index is 0.145. The number of benzene rings is 8. The van der Waals surface area contributed by atoms with Crippen molar-refractivity contribution in [1.29, 1.82) is 0 Å². The third-order valence-electron chi connectivity index (χ3n) is 12.6. The number of aryl methyl sites for hydroxylation is 1. The number of nitrogens with zero attached hydrogens (tertiary/aromatic N) is 1. The molecule has 262 valence electrons. The molecule has 0 radical (unpaired) electrons. The lowest BCUT2D eigenvalue weighted by Crippen LogP contribution is -2.26. The molecule has 8 aromatic carbocycles. The van der Waals surface area contributed by atoms with Crippen molar-refractivity contribution in [1.82, 2.24) is 0 Å². The molecule has 0 unspecified atom stereocenters. The van der Waals surface area contributed by atoms with Gasteiger partial charge in [-0.15, -0.1) is 0 Å². The van der Waals surface area contributed by atoms with E-state index in [0.717, 1.165) is 22.7 Å². The van der Waals surface area contributed by atoms with E-state index in [2.05, 4.69) is 202 Å². The molecule has 55 heavy (non-hydrogen) atoms. The van der Waals surface area contributed by atoms with Gasteiger partial charge in [-0.25, -0.2) is 0 Å². The van der Waals surface area contributed by atoms with Crippen LogP contribution in [0.4, 0.5) is 22.7 Å². The van der Waals surface area contributed by atoms with E-state index in [1.165, 1.54) is 83.5 Å². The average molecular weight is 705 g/mol. The van der Waals surface area contributed by atoms with Gasteiger partial charge < -0.3 is 10.6 Å². The molecule has 11 rings (SSSR count). The molecule has 0 atom stereocenters. The predicted molar refractivity (Wildman–Crippen MR) is 230 cm³/mol. The molecule has 3 aliphatic rings. The lowest BCUT2D eigenvalue weighted by molar-refractivity contribution is 0.660. The standard InChI is InChI=1S/C53H40N2/c1-33-21-27-43-48(29-33)53(45-19-11-8-16-40(45)41-17-9-12-20-46(41)53)49-30-36(54)31-50(51(43)49)55(37-24-22-35(23-25-37)34-13-5-4-6-14-34)38-26-28-42-39-15-7-10-18-44(39)52(2,3)47(42)32-38/h4-32H,54H2,1-3H3. The van der Waals surface area contributed by atoms with E-state index in [1.54, 1.807) is 0 Å². The summed E-state index contributed by atoms with van der Waals surface area (Å²) in [4.78, 5) is 2.46. The third-order valence-corrected chi connectivity index (χ3v) is 12.6. The molecule has 0 aliphatic heterocycles. The number of nitrogens with two attached hydrogens (primary N) is 1. The molecule has 0 fully saturated rings. The van der Waals surface area contributed by atoms with Crippen LogP contribution in [0.5, 0.6) is 0 Å². The molecule has 0 bridgehead atoms. The van der Waals surface area contributed by atoms with Crippen LogP contribution in [0, 0.1) is 6.92 Å². The van der Waals surface area contributed by atoms with E-state index < -0.39 is 5.41 Å². The Hall–Kier alpha value is -6.64. The van der Waals surface area contributed by atoms with Crippen molar-refractivity contribution >= 4 is 22.7 Å². The van der Waals surface area contributed by atoms with E-state index in [9.17, 15) is 0 Å². The lowest BCUT2D eigenvalue weighted by atomic mass is 9.70. The van der Waals surface area contributed by atoms with E-state index in [0.29, 0.717) is 0 Å². The summed E-state index contributed by atoms with van der Waals surface area (Å²) < 4.78 is 0. The van der Waals surface area contributed by atoms with E-state index >= 15 is 0 Å². The number of anilines is 4. The molecule has 0 saturated carbocycles. The molecule has 2 N–H and O–H groups in total. The first-order valence-electron chi connectivity index (χ1n) is 19.3. The number of fused-ring (bicyclic) bond motifs is 13. The second-order valence-electron chi connectivity index (χ2n) is 16.0. The predicted octanol–water partition coefficient (Wildman–Crippen LogP) is 13.4. The van der Waals surface area contributed by atoms with Gasteiger partial charge in [0.15, 0.2) is 0 Å². The Kier molecular flexibility index (Phi) is 6.62. The van der Waals surface area contributed by atoms with Crippen LogP contribution >= 0.6 is 0 Å². The van der Waals surface area contributed by atoms with Crippen molar-refractivity contribution < 1.29 is 0 Å². The quantitative estimate of drug-likeness (QED) is 0.185. The van der Waals surface area contributed by atoms with Crippen molar-refractivity contribution in [2.45, 2.75) is 31.6 Å². The van der Waals surface area contributed by atoms with Crippen molar-refractivity contribution in [2.24, 2.45) is 0 Å². The fourth-order valence-electron chi connectivity index (χ4n) is 10.2. The Labute approximate surface area is 323 Å². The molecule has 0 aromatic heterocycles. The molecule has 2 heteroatoms. The largest absolute Gasteiger partial charge is 0.399 e. The molecule has 8 aromatic rings. The molecule has 0 saturated heterocycles. The van der Waals surface area contributed by atoms with Gasteiger partial charge in [-0.3, -0.25) is 0 Å². The van der Waals surface area contributed by atoms with Gasteiger partial charge in [0.05, 0.1) is 11.1 Å². The minimum atomic E-state index is -0.502. The zero-order chi connectivity index (χ0) is 37.1. The number of hydrogen-bond acceptors (Lipinski definition) is 2. The fourth-order valence-corrected chi connectivity index (χ4v) is 10.2. The molecule has 0 heterocycles. The van der Waals surface area contributed by atoms with Gasteiger partial charge in [0.2, 0.25) is 0 Å². The Morgan fingerprint density at radius 1 is 0.418 bits per heavy atom. The molecule has 2 nitrogen and oxygen atoms in total. The van der Waals surface area contributed by atoms with Gasteiger partial charge in [-0.2, -0.15) is 0 Å². The fraction of sp³-hybridized carbons (Fsp3) is 0.0943. The van der Waals surface area contributed by atoms with E-state index in [1.807, 2.05) is 0 Å². The number of hydrogen-bond donors (Lipinski definition) is 1. The summed E-state index contributed by atoms with van der Waals surface area (Å²) in [7, 11) is 0. The number of nitrogen functional groups attached to an aromatic ring is 1.